The minimum atomic E-state index is 0.178. The molecule has 5 aliphatic rings. The Hall–Kier alpha value is -0.810. The van der Waals surface area contributed by atoms with Crippen molar-refractivity contribution in [1.29, 1.82) is 0 Å². The quantitative estimate of drug-likeness (QED) is 0.846. The average molecular weight is 347 g/mol. The molecule has 2 heterocycles. The lowest BCUT2D eigenvalue weighted by atomic mass is 9.93. The fourth-order valence-corrected chi connectivity index (χ4v) is 6.06. The van der Waals surface area contributed by atoms with Gasteiger partial charge in [0.25, 0.3) is 0 Å². The van der Waals surface area contributed by atoms with E-state index in [9.17, 15) is 4.79 Å². The number of urea groups is 1. The molecule has 5 nitrogen and oxygen atoms in total. The van der Waals surface area contributed by atoms with Gasteiger partial charge in [0.2, 0.25) is 0 Å². The number of fused-ring (bicyclic) bond motifs is 2. The molecule has 140 valence electrons. The molecule has 1 N–H and O–H groups in total. The van der Waals surface area contributed by atoms with Crippen LogP contribution in [0.5, 0.6) is 0 Å². The second-order valence-corrected chi connectivity index (χ2v) is 9.33. The number of nitrogens with one attached hydrogen (secondary N) is 1. The third-order valence-corrected chi connectivity index (χ3v) is 7.69. The van der Waals surface area contributed by atoms with Gasteiger partial charge < -0.3 is 15.1 Å². The highest BCUT2D eigenvalue weighted by Crippen LogP contribution is 2.46. The largest absolute Gasteiger partial charge is 0.338 e. The van der Waals surface area contributed by atoms with E-state index in [1.807, 2.05) is 0 Å². The van der Waals surface area contributed by atoms with Crippen LogP contribution in [0.4, 0.5) is 4.79 Å². The topological polar surface area (TPSA) is 38.8 Å². The second kappa shape index (κ2) is 6.73. The number of carbonyl (C=O) groups excluding carboxylic acids is 1. The monoisotopic (exact) mass is 346 g/mol. The lowest BCUT2D eigenvalue weighted by molar-refractivity contribution is 0.0825. The highest BCUT2D eigenvalue weighted by molar-refractivity contribution is 5.74. The summed E-state index contributed by atoms with van der Waals surface area (Å²) in [5.41, 5.74) is 0. The maximum atomic E-state index is 12.5. The fraction of sp³-hybridized carbons (Fsp3) is 0.950. The van der Waals surface area contributed by atoms with Crippen molar-refractivity contribution in [1.82, 2.24) is 20.0 Å². The van der Waals surface area contributed by atoms with Crippen molar-refractivity contribution in [3.63, 3.8) is 0 Å². The van der Waals surface area contributed by atoms with E-state index in [0.717, 1.165) is 56.6 Å². The summed E-state index contributed by atoms with van der Waals surface area (Å²) in [6.07, 6.45) is 9.88. The molecule has 3 saturated carbocycles. The van der Waals surface area contributed by atoms with E-state index >= 15 is 0 Å². The van der Waals surface area contributed by atoms with Gasteiger partial charge in [-0.15, -0.1) is 0 Å². The van der Waals surface area contributed by atoms with Crippen molar-refractivity contribution in [3.8, 4) is 0 Å². The van der Waals surface area contributed by atoms with Gasteiger partial charge >= 0.3 is 6.03 Å². The molecule has 2 saturated heterocycles. The van der Waals surface area contributed by atoms with Crippen LogP contribution < -0.4 is 5.32 Å². The lowest BCUT2D eigenvalue weighted by Crippen LogP contribution is -2.55. The van der Waals surface area contributed by atoms with Crippen LogP contribution in [0.3, 0.4) is 0 Å². The van der Waals surface area contributed by atoms with Gasteiger partial charge in [0.15, 0.2) is 0 Å². The molecule has 4 atom stereocenters. The molecule has 0 aromatic heterocycles. The molecule has 0 unspecified atom stereocenters. The van der Waals surface area contributed by atoms with Crippen LogP contribution in [-0.4, -0.2) is 78.6 Å². The molecule has 0 spiro atoms. The third-order valence-electron chi connectivity index (χ3n) is 7.69. The van der Waals surface area contributed by atoms with E-state index in [1.165, 1.54) is 58.0 Å². The number of piperazine rings is 1. The van der Waals surface area contributed by atoms with E-state index in [-0.39, 0.29) is 6.03 Å². The Morgan fingerprint density at radius 3 is 2.40 bits per heavy atom. The molecule has 2 bridgehead atoms. The smallest absolute Gasteiger partial charge is 0.317 e. The molecule has 3 aliphatic carbocycles. The number of nitrogens with zero attached hydrogens (tertiary/aromatic N) is 3. The highest BCUT2D eigenvalue weighted by atomic mass is 16.2. The van der Waals surface area contributed by atoms with Crippen LogP contribution in [0.1, 0.15) is 44.9 Å². The van der Waals surface area contributed by atoms with E-state index in [1.54, 1.807) is 0 Å². The first-order valence-electron chi connectivity index (χ1n) is 10.8. The van der Waals surface area contributed by atoms with Gasteiger partial charge in [-0.2, -0.15) is 0 Å². The molecule has 2 aliphatic heterocycles. The van der Waals surface area contributed by atoms with E-state index < -0.39 is 0 Å². The van der Waals surface area contributed by atoms with Crippen molar-refractivity contribution in [2.24, 2.45) is 17.8 Å². The lowest BCUT2D eigenvalue weighted by Gasteiger charge is -2.41. The van der Waals surface area contributed by atoms with Gasteiger partial charge in [-0.1, -0.05) is 6.42 Å². The Bertz CT molecular complexity index is 500. The molecule has 0 aromatic carbocycles. The average Bonchev–Trinajstić information content (AvgIpc) is 3.07. The summed E-state index contributed by atoms with van der Waals surface area (Å²) in [4.78, 5) is 19.9. The van der Waals surface area contributed by atoms with Crippen molar-refractivity contribution < 1.29 is 4.79 Å². The van der Waals surface area contributed by atoms with Gasteiger partial charge in [-0.05, 0) is 62.8 Å². The first-order valence-corrected chi connectivity index (χ1v) is 10.8. The number of likely N-dealkylation sites (tertiary alicyclic amines) is 1. The van der Waals surface area contributed by atoms with Gasteiger partial charge in [0.1, 0.15) is 0 Å². The zero-order chi connectivity index (χ0) is 16.8. The maximum absolute atomic E-state index is 12.5. The van der Waals surface area contributed by atoms with Gasteiger partial charge in [0.05, 0.1) is 0 Å². The first-order chi connectivity index (χ1) is 12.3. The van der Waals surface area contributed by atoms with Crippen LogP contribution in [0, 0.1) is 17.8 Å². The predicted octanol–water partition coefficient (Wildman–Crippen LogP) is 1.99. The Kier molecular flexibility index (Phi) is 4.41. The Balaban J connectivity index is 1.04. The maximum Gasteiger partial charge on any atom is 0.317 e. The predicted molar refractivity (Wildman–Crippen MR) is 98.5 cm³/mol. The molecule has 0 aromatic rings. The number of hydrogen-bond donors (Lipinski definition) is 1. The van der Waals surface area contributed by atoms with Crippen LogP contribution in [0.15, 0.2) is 0 Å². The molecular weight excluding hydrogens is 312 g/mol. The minimum absolute atomic E-state index is 0.178. The number of amides is 2. The first kappa shape index (κ1) is 16.4. The normalized spacial score (nSPS) is 39.3. The van der Waals surface area contributed by atoms with Crippen LogP contribution in [0.2, 0.25) is 0 Å². The molecule has 5 rings (SSSR count). The minimum Gasteiger partial charge on any atom is -0.338 e. The van der Waals surface area contributed by atoms with Crippen LogP contribution in [-0.2, 0) is 0 Å². The summed E-state index contributed by atoms with van der Waals surface area (Å²) in [5.74, 6) is 2.64. The highest BCUT2D eigenvalue weighted by Gasteiger charge is 2.43. The summed E-state index contributed by atoms with van der Waals surface area (Å²) < 4.78 is 0. The van der Waals surface area contributed by atoms with Crippen LogP contribution in [0.25, 0.3) is 0 Å². The second-order valence-electron chi connectivity index (χ2n) is 9.33. The number of carbonyl (C=O) groups is 1. The summed E-state index contributed by atoms with van der Waals surface area (Å²) in [5, 5.41) is 3.23. The van der Waals surface area contributed by atoms with Gasteiger partial charge in [-0.3, -0.25) is 4.90 Å². The number of hydrogen-bond acceptors (Lipinski definition) is 3. The fourth-order valence-electron chi connectivity index (χ4n) is 6.06. The summed E-state index contributed by atoms with van der Waals surface area (Å²) in [6.45, 7) is 7.31. The van der Waals surface area contributed by atoms with Crippen molar-refractivity contribution in [3.05, 3.63) is 0 Å². The molecule has 5 fully saturated rings. The van der Waals surface area contributed by atoms with E-state index in [2.05, 4.69) is 20.0 Å². The summed E-state index contributed by atoms with van der Waals surface area (Å²) in [6, 6.07) is 1.88. The Morgan fingerprint density at radius 1 is 0.880 bits per heavy atom. The summed E-state index contributed by atoms with van der Waals surface area (Å²) in [7, 11) is 0. The SMILES string of the molecule is O=C(NC[C@@H]1CCN(C2CC2)C1)N1CCN([C@H]2C[C@H]3CC[C@H]2C3)CC1. The molecule has 5 heteroatoms. The molecule has 25 heavy (non-hydrogen) atoms. The van der Waals surface area contributed by atoms with Crippen molar-refractivity contribution in [2.75, 3.05) is 45.8 Å². The van der Waals surface area contributed by atoms with Gasteiger partial charge in [0, 0.05) is 51.4 Å². The molecular formula is C20H34N4O. The number of rotatable bonds is 4. The molecule has 0 radical (unpaired) electrons. The van der Waals surface area contributed by atoms with E-state index in [4.69, 9.17) is 0 Å². The van der Waals surface area contributed by atoms with Crippen molar-refractivity contribution >= 4 is 6.03 Å². The van der Waals surface area contributed by atoms with E-state index in [0.29, 0.717) is 5.92 Å². The zero-order valence-electron chi connectivity index (χ0n) is 15.5. The van der Waals surface area contributed by atoms with Crippen molar-refractivity contribution in [2.45, 2.75) is 57.0 Å². The Labute approximate surface area is 152 Å². The van der Waals surface area contributed by atoms with Crippen LogP contribution >= 0.6 is 0 Å². The Morgan fingerprint density at radius 2 is 1.72 bits per heavy atom. The standard InChI is InChI=1S/C20H34N4O/c25-20(21-13-16-5-6-24(14-16)18-3-4-18)23-9-7-22(8-10-23)19-12-15-1-2-17(19)11-15/h15-19H,1-14H2,(H,21,25)/t15-,16-,17-,19-/m0/s1. The summed E-state index contributed by atoms with van der Waals surface area (Å²) >= 11 is 0. The van der Waals surface area contributed by atoms with Gasteiger partial charge in [-0.25, -0.2) is 4.79 Å². The molecule has 2 amide bonds. The zero-order valence-corrected chi connectivity index (χ0v) is 15.5. The third kappa shape index (κ3) is 3.42.